The minimum atomic E-state index is -0.218. The molecule has 4 aromatic rings. The van der Waals surface area contributed by atoms with Crippen LogP contribution < -0.4 is 5.32 Å². The number of hydrogen-bond donors (Lipinski definition) is 1. The molecular weight excluding hydrogens is 351 g/mol. The van der Waals surface area contributed by atoms with E-state index in [1.54, 1.807) is 12.1 Å². The Morgan fingerprint density at radius 3 is 2.57 bits per heavy atom. The molecule has 136 valence electrons. The zero-order valence-electron chi connectivity index (χ0n) is 15.0. The number of benzene rings is 3. The second-order valence-corrected chi connectivity index (χ2v) is 6.88. The Hall–Kier alpha value is -3.66. The highest BCUT2D eigenvalue weighted by Crippen LogP contribution is 2.34. The van der Waals surface area contributed by atoms with Gasteiger partial charge in [-0.15, -0.1) is 0 Å². The SMILES string of the molecule is O=C1Nc2ccccc2C1=Cc1cn(Cc2ccccc2F)c2ccccc12. The molecule has 0 bridgehead atoms. The number of anilines is 1. The maximum atomic E-state index is 14.1. The number of fused-ring (bicyclic) bond motifs is 2. The Bertz CT molecular complexity index is 1250. The highest BCUT2D eigenvalue weighted by atomic mass is 19.1. The number of carbonyl (C=O) groups is 1. The first kappa shape index (κ1) is 16.5. The van der Waals surface area contributed by atoms with Gasteiger partial charge in [0.1, 0.15) is 5.82 Å². The highest BCUT2D eigenvalue weighted by molar-refractivity contribution is 6.35. The Morgan fingerprint density at radius 1 is 0.929 bits per heavy atom. The van der Waals surface area contributed by atoms with Gasteiger partial charge in [0, 0.05) is 45.1 Å². The molecular formula is C24H17FN2O. The number of aromatic nitrogens is 1. The molecule has 4 heteroatoms. The van der Waals surface area contributed by atoms with Crippen molar-refractivity contribution in [3.05, 3.63) is 102 Å². The van der Waals surface area contributed by atoms with Crippen LogP contribution in [-0.2, 0) is 11.3 Å². The number of nitrogens with one attached hydrogen (secondary N) is 1. The first-order valence-electron chi connectivity index (χ1n) is 9.14. The van der Waals surface area contributed by atoms with Crippen LogP contribution in [0, 0.1) is 5.82 Å². The van der Waals surface area contributed by atoms with Crippen LogP contribution in [0.25, 0.3) is 22.6 Å². The summed E-state index contributed by atoms with van der Waals surface area (Å²) in [5, 5.41) is 3.94. The van der Waals surface area contributed by atoms with Gasteiger partial charge in [-0.3, -0.25) is 4.79 Å². The number of carbonyl (C=O) groups excluding carboxylic acids is 1. The molecule has 0 unspecified atom stereocenters. The molecule has 0 spiro atoms. The van der Waals surface area contributed by atoms with Crippen molar-refractivity contribution in [3.8, 4) is 0 Å². The van der Waals surface area contributed by atoms with E-state index in [1.165, 1.54) is 6.07 Å². The normalized spacial score (nSPS) is 14.5. The molecule has 3 nitrogen and oxygen atoms in total. The minimum absolute atomic E-state index is 0.105. The fourth-order valence-electron chi connectivity index (χ4n) is 3.77. The Labute approximate surface area is 161 Å². The maximum Gasteiger partial charge on any atom is 0.256 e. The van der Waals surface area contributed by atoms with E-state index in [9.17, 15) is 9.18 Å². The predicted molar refractivity (Wildman–Crippen MR) is 110 cm³/mol. The molecule has 0 radical (unpaired) electrons. The third-order valence-corrected chi connectivity index (χ3v) is 5.13. The van der Waals surface area contributed by atoms with Crippen LogP contribution >= 0.6 is 0 Å². The largest absolute Gasteiger partial charge is 0.342 e. The lowest BCUT2D eigenvalue weighted by Gasteiger charge is -2.06. The van der Waals surface area contributed by atoms with Crippen LogP contribution in [0.15, 0.2) is 79.0 Å². The summed E-state index contributed by atoms with van der Waals surface area (Å²) >= 11 is 0. The van der Waals surface area contributed by atoms with Gasteiger partial charge >= 0.3 is 0 Å². The smallest absolute Gasteiger partial charge is 0.256 e. The molecule has 1 aliphatic heterocycles. The molecule has 0 saturated carbocycles. The first-order valence-corrected chi connectivity index (χ1v) is 9.14. The summed E-state index contributed by atoms with van der Waals surface area (Å²) in [6, 6.07) is 22.5. The quantitative estimate of drug-likeness (QED) is 0.488. The van der Waals surface area contributed by atoms with Crippen LogP contribution in [-0.4, -0.2) is 10.5 Å². The van der Waals surface area contributed by atoms with Gasteiger partial charge in [0.2, 0.25) is 0 Å². The Balaban J connectivity index is 1.64. The number of halogens is 1. The van der Waals surface area contributed by atoms with E-state index >= 15 is 0 Å². The van der Waals surface area contributed by atoms with E-state index in [-0.39, 0.29) is 11.7 Å². The summed E-state index contributed by atoms with van der Waals surface area (Å²) in [5.74, 6) is -0.323. The minimum Gasteiger partial charge on any atom is -0.342 e. The summed E-state index contributed by atoms with van der Waals surface area (Å²) in [4.78, 5) is 12.5. The van der Waals surface area contributed by atoms with Gasteiger partial charge in [-0.2, -0.15) is 0 Å². The average Bonchev–Trinajstić information content (AvgIpc) is 3.22. The molecule has 0 atom stereocenters. The molecule has 2 heterocycles. The van der Waals surface area contributed by atoms with Crippen molar-refractivity contribution >= 4 is 34.1 Å². The van der Waals surface area contributed by atoms with Gasteiger partial charge < -0.3 is 9.88 Å². The van der Waals surface area contributed by atoms with Crippen LogP contribution in [0.1, 0.15) is 16.7 Å². The van der Waals surface area contributed by atoms with Crippen molar-refractivity contribution in [1.82, 2.24) is 4.57 Å². The van der Waals surface area contributed by atoms with E-state index in [0.29, 0.717) is 17.7 Å². The molecule has 0 fully saturated rings. The second-order valence-electron chi connectivity index (χ2n) is 6.88. The van der Waals surface area contributed by atoms with Gasteiger partial charge in [0.25, 0.3) is 5.91 Å². The number of para-hydroxylation sites is 2. The molecule has 1 amide bonds. The van der Waals surface area contributed by atoms with E-state index in [0.717, 1.165) is 27.7 Å². The number of amides is 1. The van der Waals surface area contributed by atoms with Gasteiger partial charge in [-0.05, 0) is 24.3 Å². The summed E-state index contributed by atoms with van der Waals surface area (Å²) in [6.07, 6.45) is 3.90. The van der Waals surface area contributed by atoms with Crippen molar-refractivity contribution in [2.45, 2.75) is 6.54 Å². The van der Waals surface area contributed by atoms with Gasteiger partial charge in [0.05, 0.1) is 6.54 Å². The summed E-state index contributed by atoms with van der Waals surface area (Å²) in [6.45, 7) is 0.430. The van der Waals surface area contributed by atoms with Crippen molar-refractivity contribution in [2.24, 2.45) is 0 Å². The fourth-order valence-corrected chi connectivity index (χ4v) is 3.77. The third kappa shape index (κ3) is 2.70. The fraction of sp³-hybridized carbons (Fsp3) is 0.0417. The zero-order chi connectivity index (χ0) is 19.1. The van der Waals surface area contributed by atoms with Crippen LogP contribution in [0.4, 0.5) is 10.1 Å². The van der Waals surface area contributed by atoms with E-state index in [1.807, 2.05) is 71.4 Å². The monoisotopic (exact) mass is 368 g/mol. The number of rotatable bonds is 3. The van der Waals surface area contributed by atoms with Crippen LogP contribution in [0.2, 0.25) is 0 Å². The number of hydrogen-bond acceptors (Lipinski definition) is 1. The second kappa shape index (κ2) is 6.50. The lowest BCUT2D eigenvalue weighted by molar-refractivity contribution is -0.110. The van der Waals surface area contributed by atoms with Crippen molar-refractivity contribution in [1.29, 1.82) is 0 Å². The molecule has 5 rings (SSSR count). The van der Waals surface area contributed by atoms with Gasteiger partial charge in [-0.1, -0.05) is 54.6 Å². The average molecular weight is 368 g/mol. The van der Waals surface area contributed by atoms with Crippen LogP contribution in [0.5, 0.6) is 0 Å². The summed E-state index contributed by atoms with van der Waals surface area (Å²) < 4.78 is 16.2. The summed E-state index contributed by atoms with van der Waals surface area (Å²) in [5.41, 5.74) is 4.95. The molecule has 28 heavy (non-hydrogen) atoms. The summed E-state index contributed by atoms with van der Waals surface area (Å²) in [7, 11) is 0. The molecule has 1 aromatic heterocycles. The topological polar surface area (TPSA) is 34.0 Å². The van der Waals surface area contributed by atoms with E-state index in [2.05, 4.69) is 5.32 Å². The van der Waals surface area contributed by atoms with Crippen LogP contribution in [0.3, 0.4) is 0 Å². The lowest BCUT2D eigenvalue weighted by Crippen LogP contribution is -2.03. The molecule has 1 N–H and O–H groups in total. The van der Waals surface area contributed by atoms with Crippen molar-refractivity contribution in [2.75, 3.05) is 5.32 Å². The standard InChI is InChI=1S/C24H17FN2O/c25-21-10-4-1-7-16(21)14-27-15-17(18-8-3-6-12-23(18)27)13-20-19-9-2-5-11-22(19)26-24(20)28/h1-13,15H,14H2,(H,26,28). The third-order valence-electron chi connectivity index (χ3n) is 5.13. The van der Waals surface area contributed by atoms with Crippen molar-refractivity contribution < 1.29 is 9.18 Å². The van der Waals surface area contributed by atoms with E-state index < -0.39 is 0 Å². The first-order chi connectivity index (χ1) is 13.7. The Morgan fingerprint density at radius 2 is 1.68 bits per heavy atom. The Kier molecular flexibility index (Phi) is 3.83. The molecule has 0 saturated heterocycles. The molecule has 0 aliphatic carbocycles. The number of nitrogens with zero attached hydrogens (tertiary/aromatic N) is 1. The lowest BCUT2D eigenvalue weighted by atomic mass is 10.0. The maximum absolute atomic E-state index is 14.1. The highest BCUT2D eigenvalue weighted by Gasteiger charge is 2.24. The zero-order valence-corrected chi connectivity index (χ0v) is 15.0. The molecule has 1 aliphatic rings. The van der Waals surface area contributed by atoms with Gasteiger partial charge in [-0.25, -0.2) is 4.39 Å². The van der Waals surface area contributed by atoms with Gasteiger partial charge in [0.15, 0.2) is 0 Å². The molecule has 3 aromatic carbocycles. The van der Waals surface area contributed by atoms with E-state index in [4.69, 9.17) is 0 Å². The van der Waals surface area contributed by atoms with Crippen molar-refractivity contribution in [3.63, 3.8) is 0 Å². The predicted octanol–water partition coefficient (Wildman–Crippen LogP) is 5.32.